The van der Waals surface area contributed by atoms with Crippen LogP contribution in [0.1, 0.15) is 32.8 Å². The summed E-state index contributed by atoms with van der Waals surface area (Å²) < 4.78 is 5.31. The highest BCUT2D eigenvalue weighted by Crippen LogP contribution is 2.20. The molecule has 0 atom stereocenters. The fraction of sp³-hybridized carbons (Fsp3) is 0.353. The number of benzene rings is 1. The number of esters is 1. The normalized spacial score (nSPS) is 11.3. The minimum Gasteiger partial charge on any atom is -0.460 e. The summed E-state index contributed by atoms with van der Waals surface area (Å²) in [6.07, 6.45) is 4.36. The summed E-state index contributed by atoms with van der Waals surface area (Å²) in [5, 5.41) is 0.227. The minimum atomic E-state index is -0.445. The zero-order chi connectivity index (χ0) is 16.2. The Morgan fingerprint density at radius 1 is 1.18 bits per heavy atom. The van der Waals surface area contributed by atoms with E-state index in [4.69, 9.17) is 16.3 Å². The Bertz CT molecular complexity index is 648. The lowest BCUT2D eigenvalue weighted by atomic mass is 10.0. The van der Waals surface area contributed by atoms with Crippen LogP contribution in [0.2, 0.25) is 5.28 Å². The van der Waals surface area contributed by atoms with Gasteiger partial charge in [0.05, 0.1) is 0 Å². The molecule has 0 saturated heterocycles. The Morgan fingerprint density at radius 3 is 2.50 bits per heavy atom. The molecule has 0 radical (unpaired) electrons. The lowest BCUT2D eigenvalue weighted by molar-refractivity contribution is -0.154. The Hall–Kier alpha value is -1.94. The fourth-order valence-corrected chi connectivity index (χ4v) is 2.10. The molecule has 5 heteroatoms. The van der Waals surface area contributed by atoms with Crippen LogP contribution < -0.4 is 0 Å². The molecule has 0 unspecified atom stereocenters. The van der Waals surface area contributed by atoms with E-state index in [-0.39, 0.29) is 11.3 Å². The van der Waals surface area contributed by atoms with Gasteiger partial charge in [-0.1, -0.05) is 24.3 Å². The van der Waals surface area contributed by atoms with E-state index in [1.165, 1.54) is 0 Å². The van der Waals surface area contributed by atoms with Crippen LogP contribution in [0.3, 0.4) is 0 Å². The Labute approximate surface area is 135 Å². The molecule has 0 spiro atoms. The number of aryl methyl sites for hydroxylation is 1. The largest absolute Gasteiger partial charge is 0.460 e. The first-order valence-electron chi connectivity index (χ1n) is 7.12. The molecule has 0 fully saturated rings. The Kier molecular flexibility index (Phi) is 5.14. The molecule has 0 aliphatic heterocycles. The van der Waals surface area contributed by atoms with Crippen molar-refractivity contribution in [3.05, 3.63) is 47.5 Å². The maximum absolute atomic E-state index is 11.8. The van der Waals surface area contributed by atoms with Gasteiger partial charge in [-0.25, -0.2) is 9.97 Å². The van der Waals surface area contributed by atoms with E-state index in [0.717, 1.165) is 16.7 Å². The van der Waals surface area contributed by atoms with Gasteiger partial charge < -0.3 is 4.74 Å². The van der Waals surface area contributed by atoms with Crippen LogP contribution in [-0.2, 0) is 16.0 Å². The molecule has 0 bridgehead atoms. The second-order valence-corrected chi connectivity index (χ2v) is 6.37. The van der Waals surface area contributed by atoms with Gasteiger partial charge in [0.25, 0.3) is 0 Å². The standard InChI is InChI=1S/C17H19ClN2O2/c1-17(2,3)22-15(21)8-7-12-5-4-6-13(9-12)14-10-19-16(18)20-11-14/h4-6,9-11H,7-8H2,1-3H3. The van der Waals surface area contributed by atoms with E-state index >= 15 is 0 Å². The lowest BCUT2D eigenvalue weighted by Gasteiger charge is -2.19. The van der Waals surface area contributed by atoms with Crippen molar-refractivity contribution in [2.45, 2.75) is 39.2 Å². The predicted octanol–water partition coefficient (Wildman–Crippen LogP) is 4.07. The summed E-state index contributed by atoms with van der Waals surface area (Å²) in [6, 6.07) is 7.94. The zero-order valence-corrected chi connectivity index (χ0v) is 13.7. The van der Waals surface area contributed by atoms with Crippen LogP contribution in [0, 0.1) is 0 Å². The van der Waals surface area contributed by atoms with Gasteiger partial charge in [0, 0.05) is 24.4 Å². The van der Waals surface area contributed by atoms with Crippen molar-refractivity contribution in [1.29, 1.82) is 0 Å². The molecule has 0 amide bonds. The second kappa shape index (κ2) is 6.88. The molecule has 0 aliphatic carbocycles. The molecule has 4 nitrogen and oxygen atoms in total. The van der Waals surface area contributed by atoms with Crippen molar-refractivity contribution in [2.24, 2.45) is 0 Å². The maximum atomic E-state index is 11.8. The molecule has 2 rings (SSSR count). The molecule has 22 heavy (non-hydrogen) atoms. The van der Waals surface area contributed by atoms with Gasteiger partial charge in [0.2, 0.25) is 5.28 Å². The van der Waals surface area contributed by atoms with E-state index in [2.05, 4.69) is 9.97 Å². The molecule has 116 valence electrons. The highest BCUT2D eigenvalue weighted by atomic mass is 35.5. The zero-order valence-electron chi connectivity index (χ0n) is 13.0. The number of nitrogens with zero attached hydrogens (tertiary/aromatic N) is 2. The highest BCUT2D eigenvalue weighted by Gasteiger charge is 2.15. The van der Waals surface area contributed by atoms with Crippen molar-refractivity contribution in [2.75, 3.05) is 0 Å². The summed E-state index contributed by atoms with van der Waals surface area (Å²) >= 11 is 5.69. The third-order valence-corrected chi connectivity index (χ3v) is 3.11. The van der Waals surface area contributed by atoms with Crippen LogP contribution >= 0.6 is 11.6 Å². The molecule has 1 heterocycles. The topological polar surface area (TPSA) is 52.1 Å². The summed E-state index contributed by atoms with van der Waals surface area (Å²) in [4.78, 5) is 19.7. The first kappa shape index (κ1) is 16.4. The van der Waals surface area contributed by atoms with Crippen molar-refractivity contribution in [1.82, 2.24) is 9.97 Å². The average molecular weight is 319 g/mol. The number of halogens is 1. The van der Waals surface area contributed by atoms with E-state index in [1.807, 2.05) is 45.0 Å². The molecular formula is C17H19ClN2O2. The summed E-state index contributed by atoms with van der Waals surface area (Å²) in [5.41, 5.74) is 2.51. The lowest BCUT2D eigenvalue weighted by Crippen LogP contribution is -2.24. The first-order valence-corrected chi connectivity index (χ1v) is 7.50. The monoisotopic (exact) mass is 318 g/mol. The summed E-state index contributed by atoms with van der Waals surface area (Å²) in [5.74, 6) is -0.187. The second-order valence-electron chi connectivity index (χ2n) is 6.03. The Balaban J connectivity index is 2.03. The molecule has 2 aromatic rings. The predicted molar refractivity (Wildman–Crippen MR) is 86.6 cm³/mol. The molecule has 0 aliphatic rings. The van der Waals surface area contributed by atoms with Gasteiger partial charge in [-0.2, -0.15) is 0 Å². The van der Waals surface area contributed by atoms with E-state index in [9.17, 15) is 4.79 Å². The number of hydrogen-bond acceptors (Lipinski definition) is 4. The van der Waals surface area contributed by atoms with Gasteiger partial charge in [-0.3, -0.25) is 4.79 Å². The number of ether oxygens (including phenoxy) is 1. The number of hydrogen-bond donors (Lipinski definition) is 0. The van der Waals surface area contributed by atoms with Gasteiger partial charge in [-0.05, 0) is 49.9 Å². The van der Waals surface area contributed by atoms with Gasteiger partial charge in [0.1, 0.15) is 5.60 Å². The fourth-order valence-electron chi connectivity index (χ4n) is 2.01. The molecule has 1 aromatic heterocycles. The van der Waals surface area contributed by atoms with Crippen LogP contribution in [0.15, 0.2) is 36.7 Å². The van der Waals surface area contributed by atoms with Crippen LogP contribution in [0.5, 0.6) is 0 Å². The van der Waals surface area contributed by atoms with Crippen molar-refractivity contribution in [3.63, 3.8) is 0 Å². The maximum Gasteiger partial charge on any atom is 0.306 e. The number of aromatic nitrogens is 2. The van der Waals surface area contributed by atoms with Crippen molar-refractivity contribution < 1.29 is 9.53 Å². The van der Waals surface area contributed by atoms with Crippen LogP contribution in [-0.4, -0.2) is 21.5 Å². The minimum absolute atomic E-state index is 0.187. The smallest absolute Gasteiger partial charge is 0.306 e. The van der Waals surface area contributed by atoms with Crippen molar-refractivity contribution in [3.8, 4) is 11.1 Å². The summed E-state index contributed by atoms with van der Waals surface area (Å²) in [6.45, 7) is 5.60. The number of rotatable bonds is 4. The molecule has 0 saturated carbocycles. The quantitative estimate of drug-likeness (QED) is 0.630. The number of carbonyl (C=O) groups is 1. The van der Waals surface area contributed by atoms with Crippen LogP contribution in [0.25, 0.3) is 11.1 Å². The highest BCUT2D eigenvalue weighted by molar-refractivity contribution is 6.28. The van der Waals surface area contributed by atoms with Crippen LogP contribution in [0.4, 0.5) is 0 Å². The Morgan fingerprint density at radius 2 is 1.86 bits per heavy atom. The summed E-state index contributed by atoms with van der Waals surface area (Å²) in [7, 11) is 0. The molecular weight excluding hydrogens is 300 g/mol. The van der Waals surface area contributed by atoms with E-state index in [1.54, 1.807) is 12.4 Å². The van der Waals surface area contributed by atoms with Gasteiger partial charge >= 0.3 is 5.97 Å². The average Bonchev–Trinajstić information content (AvgIpc) is 2.44. The SMILES string of the molecule is CC(C)(C)OC(=O)CCc1cccc(-c2cnc(Cl)nc2)c1. The van der Waals surface area contributed by atoms with E-state index in [0.29, 0.717) is 12.8 Å². The van der Waals surface area contributed by atoms with E-state index < -0.39 is 5.60 Å². The number of carbonyl (C=O) groups excluding carboxylic acids is 1. The first-order chi connectivity index (χ1) is 10.3. The van der Waals surface area contributed by atoms with Gasteiger partial charge in [-0.15, -0.1) is 0 Å². The molecule has 1 aromatic carbocycles. The van der Waals surface area contributed by atoms with Gasteiger partial charge in [0.15, 0.2) is 0 Å². The van der Waals surface area contributed by atoms with Crippen molar-refractivity contribution >= 4 is 17.6 Å². The third-order valence-electron chi connectivity index (χ3n) is 2.92. The third kappa shape index (κ3) is 5.11. The molecule has 0 N–H and O–H groups in total.